The molecule has 1 aliphatic heterocycles. The quantitative estimate of drug-likeness (QED) is 0.826. The lowest BCUT2D eigenvalue weighted by Gasteiger charge is -2.21. The van der Waals surface area contributed by atoms with Crippen molar-refractivity contribution in [3.63, 3.8) is 0 Å². The predicted molar refractivity (Wildman–Crippen MR) is 75.8 cm³/mol. The second kappa shape index (κ2) is 4.99. The summed E-state index contributed by atoms with van der Waals surface area (Å²) in [5.74, 6) is 0.699. The molecule has 3 rings (SSSR count). The van der Waals surface area contributed by atoms with Gasteiger partial charge in [0.05, 0.1) is 0 Å². The van der Waals surface area contributed by atoms with Crippen LogP contribution in [-0.2, 0) is 0 Å². The van der Waals surface area contributed by atoms with Gasteiger partial charge in [0, 0.05) is 17.3 Å². The van der Waals surface area contributed by atoms with E-state index >= 15 is 0 Å². The van der Waals surface area contributed by atoms with E-state index in [4.69, 9.17) is 0 Å². The molecule has 0 amide bonds. The number of aromatic nitrogens is 1. The van der Waals surface area contributed by atoms with E-state index in [-0.39, 0.29) is 0 Å². The van der Waals surface area contributed by atoms with Crippen LogP contribution in [0.4, 0.5) is 0 Å². The number of rotatable bonds is 2. The van der Waals surface area contributed by atoms with Crippen LogP contribution in [-0.4, -0.2) is 18.1 Å². The molecular formula is C16H20N2. The summed E-state index contributed by atoms with van der Waals surface area (Å²) in [5, 5.41) is 3.42. The van der Waals surface area contributed by atoms with Gasteiger partial charge in [0.25, 0.3) is 0 Å². The lowest BCUT2D eigenvalue weighted by Crippen LogP contribution is -2.26. The third-order valence-corrected chi connectivity index (χ3v) is 3.85. The fourth-order valence-electron chi connectivity index (χ4n) is 2.68. The molecule has 18 heavy (non-hydrogen) atoms. The van der Waals surface area contributed by atoms with E-state index in [9.17, 15) is 0 Å². The standard InChI is InChI=1S/C16H20N2/c1-12-2-4-13(5-3-12)15-6-7-16(18-15)14-8-10-17-11-9-14/h2-7,14,17-18H,8-11H2,1H3. The molecular weight excluding hydrogens is 220 g/mol. The molecule has 0 unspecified atom stereocenters. The van der Waals surface area contributed by atoms with E-state index in [2.05, 4.69) is 53.6 Å². The Hall–Kier alpha value is -1.54. The van der Waals surface area contributed by atoms with E-state index in [1.165, 1.54) is 35.4 Å². The van der Waals surface area contributed by atoms with Gasteiger partial charge in [-0.2, -0.15) is 0 Å². The molecule has 0 radical (unpaired) electrons. The maximum Gasteiger partial charge on any atom is 0.0456 e. The van der Waals surface area contributed by atoms with Crippen molar-refractivity contribution in [3.05, 3.63) is 47.7 Å². The predicted octanol–water partition coefficient (Wildman–Crippen LogP) is 3.46. The van der Waals surface area contributed by atoms with Crippen LogP contribution in [0.1, 0.15) is 30.0 Å². The van der Waals surface area contributed by atoms with Gasteiger partial charge in [-0.15, -0.1) is 0 Å². The molecule has 2 heteroatoms. The van der Waals surface area contributed by atoms with Gasteiger partial charge in [-0.05, 0) is 50.6 Å². The van der Waals surface area contributed by atoms with Crippen LogP contribution < -0.4 is 5.32 Å². The Morgan fingerprint density at radius 3 is 2.39 bits per heavy atom. The van der Waals surface area contributed by atoms with Gasteiger partial charge in [-0.25, -0.2) is 0 Å². The van der Waals surface area contributed by atoms with Crippen LogP contribution in [0.3, 0.4) is 0 Å². The molecule has 1 aliphatic rings. The van der Waals surface area contributed by atoms with Crippen molar-refractivity contribution >= 4 is 0 Å². The fourth-order valence-corrected chi connectivity index (χ4v) is 2.68. The maximum atomic E-state index is 3.59. The summed E-state index contributed by atoms with van der Waals surface area (Å²) in [4.78, 5) is 3.59. The number of aromatic amines is 1. The van der Waals surface area contributed by atoms with Gasteiger partial charge in [0.15, 0.2) is 0 Å². The number of nitrogens with one attached hydrogen (secondary N) is 2. The van der Waals surface area contributed by atoms with Crippen molar-refractivity contribution in [3.8, 4) is 11.3 Å². The van der Waals surface area contributed by atoms with E-state index in [1.807, 2.05) is 0 Å². The summed E-state index contributed by atoms with van der Waals surface area (Å²) in [6.07, 6.45) is 2.49. The minimum atomic E-state index is 0.699. The molecule has 0 saturated carbocycles. The first-order valence-electron chi connectivity index (χ1n) is 6.79. The molecule has 1 aromatic heterocycles. The van der Waals surface area contributed by atoms with Gasteiger partial charge in [-0.1, -0.05) is 29.8 Å². The zero-order valence-electron chi connectivity index (χ0n) is 10.9. The van der Waals surface area contributed by atoms with Crippen molar-refractivity contribution in [2.24, 2.45) is 0 Å². The van der Waals surface area contributed by atoms with Gasteiger partial charge >= 0.3 is 0 Å². The highest BCUT2D eigenvalue weighted by molar-refractivity contribution is 5.60. The second-order valence-corrected chi connectivity index (χ2v) is 5.22. The van der Waals surface area contributed by atoms with Crippen molar-refractivity contribution < 1.29 is 0 Å². The topological polar surface area (TPSA) is 27.8 Å². The van der Waals surface area contributed by atoms with E-state index in [0.717, 1.165) is 13.1 Å². The number of hydrogen-bond donors (Lipinski definition) is 2. The third kappa shape index (κ3) is 2.34. The summed E-state index contributed by atoms with van der Waals surface area (Å²) in [6, 6.07) is 13.2. The van der Waals surface area contributed by atoms with Gasteiger partial charge < -0.3 is 10.3 Å². The molecule has 1 aromatic carbocycles. The van der Waals surface area contributed by atoms with Crippen LogP contribution in [0, 0.1) is 6.92 Å². The largest absolute Gasteiger partial charge is 0.358 e. The molecule has 2 N–H and O–H groups in total. The zero-order valence-corrected chi connectivity index (χ0v) is 10.9. The summed E-state index contributed by atoms with van der Waals surface area (Å²) in [7, 11) is 0. The number of piperidine rings is 1. The first-order valence-corrected chi connectivity index (χ1v) is 6.79. The van der Waals surface area contributed by atoms with Crippen LogP contribution >= 0.6 is 0 Å². The number of benzene rings is 1. The van der Waals surface area contributed by atoms with Gasteiger partial charge in [-0.3, -0.25) is 0 Å². The molecule has 2 heterocycles. The van der Waals surface area contributed by atoms with Crippen molar-refractivity contribution in [1.29, 1.82) is 0 Å². The highest BCUT2D eigenvalue weighted by Gasteiger charge is 2.16. The Bertz CT molecular complexity index is 504. The third-order valence-electron chi connectivity index (χ3n) is 3.85. The average molecular weight is 240 g/mol. The number of aryl methyl sites for hydroxylation is 1. The van der Waals surface area contributed by atoms with Crippen LogP contribution in [0.5, 0.6) is 0 Å². The Morgan fingerprint density at radius 1 is 0.944 bits per heavy atom. The molecule has 1 saturated heterocycles. The highest BCUT2D eigenvalue weighted by atomic mass is 14.9. The van der Waals surface area contributed by atoms with Gasteiger partial charge in [0.1, 0.15) is 0 Å². The van der Waals surface area contributed by atoms with Crippen molar-refractivity contribution in [2.45, 2.75) is 25.7 Å². The molecule has 0 aliphatic carbocycles. The normalized spacial score (nSPS) is 16.9. The Morgan fingerprint density at radius 2 is 1.67 bits per heavy atom. The summed E-state index contributed by atoms with van der Waals surface area (Å²) in [5.41, 5.74) is 5.22. The SMILES string of the molecule is Cc1ccc(-c2ccc(C3CCNCC3)[nH]2)cc1. The lowest BCUT2D eigenvalue weighted by molar-refractivity contribution is 0.454. The Balaban J connectivity index is 1.82. The molecule has 94 valence electrons. The molecule has 1 fully saturated rings. The smallest absolute Gasteiger partial charge is 0.0456 e. The second-order valence-electron chi connectivity index (χ2n) is 5.22. The Labute approximate surface area is 108 Å². The molecule has 0 spiro atoms. The summed E-state index contributed by atoms with van der Waals surface area (Å²) >= 11 is 0. The first kappa shape index (κ1) is 11.5. The summed E-state index contributed by atoms with van der Waals surface area (Å²) in [6.45, 7) is 4.41. The minimum Gasteiger partial charge on any atom is -0.358 e. The summed E-state index contributed by atoms with van der Waals surface area (Å²) < 4.78 is 0. The minimum absolute atomic E-state index is 0.699. The van der Waals surface area contributed by atoms with E-state index in [0.29, 0.717) is 5.92 Å². The van der Waals surface area contributed by atoms with Crippen LogP contribution in [0.2, 0.25) is 0 Å². The molecule has 2 aromatic rings. The lowest BCUT2D eigenvalue weighted by atomic mass is 9.95. The fraction of sp³-hybridized carbons (Fsp3) is 0.375. The van der Waals surface area contributed by atoms with Crippen LogP contribution in [0.15, 0.2) is 36.4 Å². The molecule has 0 bridgehead atoms. The first-order chi connectivity index (χ1) is 8.83. The van der Waals surface area contributed by atoms with Gasteiger partial charge in [0.2, 0.25) is 0 Å². The monoisotopic (exact) mass is 240 g/mol. The van der Waals surface area contributed by atoms with Crippen molar-refractivity contribution in [1.82, 2.24) is 10.3 Å². The number of hydrogen-bond acceptors (Lipinski definition) is 1. The average Bonchev–Trinajstić information content (AvgIpc) is 2.90. The number of H-pyrrole nitrogens is 1. The van der Waals surface area contributed by atoms with Crippen LogP contribution in [0.25, 0.3) is 11.3 Å². The van der Waals surface area contributed by atoms with E-state index in [1.54, 1.807) is 0 Å². The zero-order chi connectivity index (χ0) is 12.4. The Kier molecular flexibility index (Phi) is 3.20. The van der Waals surface area contributed by atoms with E-state index < -0.39 is 0 Å². The maximum absolute atomic E-state index is 3.59. The highest BCUT2D eigenvalue weighted by Crippen LogP contribution is 2.27. The molecule has 2 nitrogen and oxygen atoms in total. The van der Waals surface area contributed by atoms with Crippen molar-refractivity contribution in [2.75, 3.05) is 13.1 Å². The molecule has 0 atom stereocenters.